The largest absolute Gasteiger partial charge is 0.326 e. The minimum atomic E-state index is -0.643. The van der Waals surface area contributed by atoms with Gasteiger partial charge in [0.25, 0.3) is 17.4 Å². The van der Waals surface area contributed by atoms with Crippen LogP contribution in [0.3, 0.4) is 0 Å². The third-order valence-electron chi connectivity index (χ3n) is 4.72. The number of anilines is 1. The first-order valence-electron chi connectivity index (χ1n) is 8.93. The molecule has 1 aliphatic heterocycles. The Kier molecular flexibility index (Phi) is 4.55. The van der Waals surface area contributed by atoms with Crippen molar-refractivity contribution in [2.45, 2.75) is 12.8 Å². The summed E-state index contributed by atoms with van der Waals surface area (Å²) >= 11 is 0. The van der Waals surface area contributed by atoms with Crippen LogP contribution in [-0.4, -0.2) is 27.5 Å². The van der Waals surface area contributed by atoms with E-state index in [9.17, 15) is 19.2 Å². The number of benzene rings is 2. The molecule has 2 heterocycles. The van der Waals surface area contributed by atoms with Gasteiger partial charge in [-0.2, -0.15) is 5.10 Å². The van der Waals surface area contributed by atoms with Crippen molar-refractivity contribution in [3.05, 3.63) is 69.6 Å². The van der Waals surface area contributed by atoms with Crippen molar-refractivity contribution in [1.82, 2.24) is 20.6 Å². The van der Waals surface area contributed by atoms with E-state index in [-0.39, 0.29) is 17.2 Å². The number of rotatable bonds is 2. The minimum Gasteiger partial charge on any atom is -0.326 e. The van der Waals surface area contributed by atoms with Gasteiger partial charge in [-0.3, -0.25) is 30.0 Å². The first-order chi connectivity index (χ1) is 13.9. The van der Waals surface area contributed by atoms with Crippen molar-refractivity contribution < 1.29 is 14.4 Å². The number of amides is 3. The Hall–Kier alpha value is -4.01. The third kappa shape index (κ3) is 3.45. The summed E-state index contributed by atoms with van der Waals surface area (Å²) in [5, 5.41) is 7.52. The molecular weight excluding hydrogens is 374 g/mol. The molecule has 0 unspecified atom stereocenters. The van der Waals surface area contributed by atoms with Crippen LogP contribution in [0.4, 0.5) is 5.69 Å². The van der Waals surface area contributed by atoms with E-state index < -0.39 is 11.8 Å². The molecule has 3 aromatic rings. The predicted octanol–water partition coefficient (Wildman–Crippen LogP) is 0.893. The van der Waals surface area contributed by atoms with Crippen molar-refractivity contribution in [3.63, 3.8) is 0 Å². The van der Waals surface area contributed by atoms with E-state index in [0.717, 1.165) is 10.2 Å². The molecule has 0 saturated heterocycles. The van der Waals surface area contributed by atoms with Crippen LogP contribution in [0.1, 0.15) is 32.8 Å². The summed E-state index contributed by atoms with van der Waals surface area (Å²) in [5.41, 5.74) is 6.29. The van der Waals surface area contributed by atoms with Crippen LogP contribution in [0.5, 0.6) is 0 Å². The van der Waals surface area contributed by atoms with Gasteiger partial charge in [-0.05, 0) is 36.2 Å². The Morgan fingerprint density at radius 1 is 1.00 bits per heavy atom. The highest BCUT2D eigenvalue weighted by Crippen LogP contribution is 2.23. The van der Waals surface area contributed by atoms with E-state index in [1.165, 1.54) is 7.05 Å². The molecule has 0 atom stereocenters. The van der Waals surface area contributed by atoms with Gasteiger partial charge in [0.2, 0.25) is 5.91 Å². The predicted molar refractivity (Wildman–Crippen MR) is 105 cm³/mol. The standard InChI is InChI=1S/C20H17N5O4/c1-25-20(29)14-5-3-2-4-13(14)17(24-25)19(28)23-22-18(27)12-6-8-15-11(10-12)7-9-16(26)21-15/h2-6,8,10H,7,9H2,1H3,(H,21,26)(H,22,27)(H,23,28). The third-order valence-corrected chi connectivity index (χ3v) is 4.72. The maximum absolute atomic E-state index is 12.6. The van der Waals surface area contributed by atoms with Gasteiger partial charge in [0, 0.05) is 30.1 Å². The highest BCUT2D eigenvalue weighted by Gasteiger charge is 2.19. The molecule has 0 radical (unpaired) electrons. The van der Waals surface area contributed by atoms with Crippen molar-refractivity contribution in [3.8, 4) is 0 Å². The zero-order valence-electron chi connectivity index (χ0n) is 15.5. The van der Waals surface area contributed by atoms with Gasteiger partial charge in [0.05, 0.1) is 5.39 Å². The van der Waals surface area contributed by atoms with Crippen LogP contribution in [0.2, 0.25) is 0 Å². The SMILES string of the molecule is Cn1nc(C(=O)NNC(=O)c2ccc3c(c2)CCC(=O)N3)c2ccccc2c1=O. The van der Waals surface area contributed by atoms with Crippen LogP contribution in [-0.2, 0) is 18.3 Å². The summed E-state index contributed by atoms with van der Waals surface area (Å²) < 4.78 is 1.08. The first kappa shape index (κ1) is 18.4. The molecule has 3 N–H and O–H groups in total. The van der Waals surface area contributed by atoms with Gasteiger partial charge in [0.1, 0.15) is 0 Å². The number of aromatic nitrogens is 2. The molecule has 9 nitrogen and oxygen atoms in total. The van der Waals surface area contributed by atoms with Gasteiger partial charge < -0.3 is 5.32 Å². The van der Waals surface area contributed by atoms with Crippen LogP contribution >= 0.6 is 0 Å². The van der Waals surface area contributed by atoms with Crippen LogP contribution < -0.4 is 21.7 Å². The topological polar surface area (TPSA) is 122 Å². The molecule has 146 valence electrons. The molecule has 1 aromatic heterocycles. The van der Waals surface area contributed by atoms with E-state index in [2.05, 4.69) is 21.3 Å². The molecule has 0 bridgehead atoms. The van der Waals surface area contributed by atoms with E-state index in [1.54, 1.807) is 42.5 Å². The maximum Gasteiger partial charge on any atom is 0.290 e. The van der Waals surface area contributed by atoms with Crippen LogP contribution in [0.15, 0.2) is 47.3 Å². The van der Waals surface area contributed by atoms with E-state index in [4.69, 9.17) is 0 Å². The van der Waals surface area contributed by atoms with Gasteiger partial charge in [-0.25, -0.2) is 4.68 Å². The normalized spacial score (nSPS) is 12.8. The second-order valence-electron chi connectivity index (χ2n) is 6.65. The Morgan fingerprint density at radius 2 is 1.72 bits per heavy atom. The van der Waals surface area contributed by atoms with E-state index >= 15 is 0 Å². The molecule has 9 heteroatoms. The molecule has 0 fully saturated rings. The lowest BCUT2D eigenvalue weighted by atomic mass is 10.0. The molecule has 3 amide bonds. The Bertz CT molecular complexity index is 1230. The quantitative estimate of drug-likeness (QED) is 0.560. The van der Waals surface area contributed by atoms with Gasteiger partial charge in [-0.1, -0.05) is 18.2 Å². The molecular formula is C20H17N5O4. The number of nitrogens with one attached hydrogen (secondary N) is 3. The van der Waals surface area contributed by atoms with Crippen molar-refractivity contribution in [2.24, 2.45) is 7.05 Å². The lowest BCUT2D eigenvalue weighted by molar-refractivity contribution is -0.116. The average Bonchev–Trinajstić information content (AvgIpc) is 2.74. The van der Waals surface area contributed by atoms with E-state index in [1.807, 2.05) is 0 Å². The molecule has 1 aliphatic rings. The van der Waals surface area contributed by atoms with Crippen LogP contribution in [0.25, 0.3) is 10.8 Å². The number of nitrogens with zero attached hydrogens (tertiary/aromatic N) is 2. The molecule has 4 rings (SSSR count). The monoisotopic (exact) mass is 391 g/mol. The second-order valence-corrected chi connectivity index (χ2v) is 6.65. The van der Waals surface area contributed by atoms with Crippen molar-refractivity contribution >= 4 is 34.2 Å². The zero-order chi connectivity index (χ0) is 20.5. The Morgan fingerprint density at radius 3 is 2.52 bits per heavy atom. The van der Waals surface area contributed by atoms with Gasteiger partial charge in [-0.15, -0.1) is 0 Å². The van der Waals surface area contributed by atoms with E-state index in [0.29, 0.717) is 34.9 Å². The number of hydrogen-bond donors (Lipinski definition) is 3. The summed E-state index contributed by atoms with van der Waals surface area (Å²) in [6.45, 7) is 0. The fourth-order valence-electron chi connectivity index (χ4n) is 3.24. The minimum absolute atomic E-state index is 0.0242. The molecule has 2 aromatic carbocycles. The highest BCUT2D eigenvalue weighted by molar-refractivity contribution is 6.06. The molecule has 29 heavy (non-hydrogen) atoms. The van der Waals surface area contributed by atoms with Crippen molar-refractivity contribution in [2.75, 3.05) is 5.32 Å². The number of aryl methyl sites for hydroxylation is 2. The number of carbonyl (C=O) groups is 3. The lowest BCUT2D eigenvalue weighted by Crippen LogP contribution is -2.42. The highest BCUT2D eigenvalue weighted by atomic mass is 16.2. The zero-order valence-corrected chi connectivity index (χ0v) is 15.5. The Balaban J connectivity index is 1.53. The lowest BCUT2D eigenvalue weighted by Gasteiger charge is -2.17. The maximum atomic E-state index is 12.6. The fraction of sp³-hybridized carbons (Fsp3) is 0.150. The molecule has 0 spiro atoms. The average molecular weight is 391 g/mol. The summed E-state index contributed by atoms with van der Waals surface area (Å²) in [5.74, 6) is -1.21. The van der Waals surface area contributed by atoms with Gasteiger partial charge in [0.15, 0.2) is 5.69 Å². The number of hydrazine groups is 1. The number of hydrogen-bond acceptors (Lipinski definition) is 5. The first-order valence-corrected chi connectivity index (χ1v) is 8.93. The molecule has 0 saturated carbocycles. The summed E-state index contributed by atoms with van der Waals surface area (Å²) in [6.07, 6.45) is 0.906. The number of fused-ring (bicyclic) bond motifs is 2. The summed E-state index contributed by atoms with van der Waals surface area (Å²) in [6, 6.07) is 11.5. The smallest absolute Gasteiger partial charge is 0.290 e. The second kappa shape index (κ2) is 7.19. The number of carbonyl (C=O) groups excluding carboxylic acids is 3. The summed E-state index contributed by atoms with van der Waals surface area (Å²) in [7, 11) is 1.45. The summed E-state index contributed by atoms with van der Waals surface area (Å²) in [4.78, 5) is 48.6. The Labute approximate surface area is 164 Å². The van der Waals surface area contributed by atoms with Crippen LogP contribution in [0, 0.1) is 0 Å². The molecule has 0 aliphatic carbocycles. The fourth-order valence-corrected chi connectivity index (χ4v) is 3.24. The van der Waals surface area contributed by atoms with Crippen molar-refractivity contribution in [1.29, 1.82) is 0 Å². The van der Waals surface area contributed by atoms with Gasteiger partial charge >= 0.3 is 0 Å².